The Morgan fingerprint density at radius 2 is 1.74 bits per heavy atom. The molecule has 0 saturated heterocycles. The summed E-state index contributed by atoms with van der Waals surface area (Å²) >= 11 is 0. The topological polar surface area (TPSA) is 17.0 Å². The van der Waals surface area contributed by atoms with Gasteiger partial charge in [-0.05, 0) is 50.1 Å². The summed E-state index contributed by atoms with van der Waals surface area (Å²) in [6.07, 6.45) is 4.19. The fraction of sp³-hybridized carbons (Fsp3) is 0.375. The average molecular weight is 260 g/mol. The molecule has 1 aromatic heterocycles. The van der Waals surface area contributed by atoms with Crippen LogP contribution in [0.1, 0.15) is 31.9 Å². The Labute approximate surface area is 114 Å². The lowest BCUT2D eigenvalue weighted by atomic mass is 10.1. The number of nitrogens with zero attached hydrogens (tertiary/aromatic N) is 1. The largest absolute Gasteiger partial charge is 0.350 e. The Bertz CT molecular complexity index is 520. The first-order valence-corrected chi connectivity index (χ1v) is 6.56. The van der Waals surface area contributed by atoms with Gasteiger partial charge in [-0.3, -0.25) is 0 Å². The quantitative estimate of drug-likeness (QED) is 0.889. The first-order valence-electron chi connectivity index (χ1n) is 6.56. The number of rotatable bonds is 4. The van der Waals surface area contributed by atoms with E-state index in [0.717, 1.165) is 18.7 Å². The van der Waals surface area contributed by atoms with Gasteiger partial charge in [0.2, 0.25) is 0 Å². The molecule has 2 nitrogen and oxygen atoms in total. The van der Waals surface area contributed by atoms with E-state index in [9.17, 15) is 4.39 Å². The van der Waals surface area contributed by atoms with E-state index in [2.05, 4.69) is 49.1 Å². The molecule has 19 heavy (non-hydrogen) atoms. The summed E-state index contributed by atoms with van der Waals surface area (Å²) in [6, 6.07) is 8.76. The second-order valence-electron chi connectivity index (χ2n) is 5.92. The molecule has 1 heterocycles. The fourth-order valence-corrected chi connectivity index (χ4v) is 1.86. The molecule has 0 radical (unpaired) electrons. The highest BCUT2D eigenvalue weighted by Gasteiger charge is 2.08. The molecule has 0 aliphatic carbocycles. The number of nitrogens with one attached hydrogen (secondary N) is 1. The van der Waals surface area contributed by atoms with E-state index in [1.165, 1.54) is 17.7 Å². The van der Waals surface area contributed by atoms with Gasteiger partial charge in [-0.1, -0.05) is 12.1 Å². The van der Waals surface area contributed by atoms with Crippen LogP contribution < -0.4 is 5.32 Å². The Kier molecular flexibility index (Phi) is 4.05. The van der Waals surface area contributed by atoms with Crippen molar-refractivity contribution in [1.29, 1.82) is 0 Å². The lowest BCUT2D eigenvalue weighted by Gasteiger charge is -2.19. The van der Waals surface area contributed by atoms with Gasteiger partial charge in [0.15, 0.2) is 0 Å². The molecule has 1 N–H and O–H groups in total. The number of hydrogen-bond donors (Lipinski definition) is 1. The van der Waals surface area contributed by atoms with Crippen LogP contribution in [0.5, 0.6) is 0 Å². The summed E-state index contributed by atoms with van der Waals surface area (Å²) in [6.45, 7) is 8.10. The Morgan fingerprint density at radius 1 is 1.05 bits per heavy atom. The Hall–Kier alpha value is -1.61. The summed E-state index contributed by atoms with van der Waals surface area (Å²) in [7, 11) is 0. The van der Waals surface area contributed by atoms with Crippen LogP contribution in [-0.2, 0) is 13.1 Å². The monoisotopic (exact) mass is 260 g/mol. The molecule has 0 unspecified atom stereocenters. The maximum absolute atomic E-state index is 12.8. The first-order chi connectivity index (χ1) is 8.92. The van der Waals surface area contributed by atoms with E-state index < -0.39 is 0 Å². The molecular weight excluding hydrogens is 239 g/mol. The van der Waals surface area contributed by atoms with Gasteiger partial charge >= 0.3 is 0 Å². The van der Waals surface area contributed by atoms with Crippen molar-refractivity contribution in [1.82, 2.24) is 9.88 Å². The van der Waals surface area contributed by atoms with Crippen LogP contribution in [0.4, 0.5) is 4.39 Å². The number of halogens is 1. The normalized spacial score (nSPS) is 11.8. The molecule has 1 aromatic carbocycles. The van der Waals surface area contributed by atoms with E-state index in [4.69, 9.17) is 0 Å². The van der Waals surface area contributed by atoms with Crippen molar-refractivity contribution in [2.45, 2.75) is 39.4 Å². The Balaban J connectivity index is 1.95. The summed E-state index contributed by atoms with van der Waals surface area (Å²) in [5.74, 6) is -0.189. The molecule has 0 aliphatic rings. The summed E-state index contributed by atoms with van der Waals surface area (Å²) in [4.78, 5) is 0. The lowest BCUT2D eigenvalue weighted by molar-refractivity contribution is 0.424. The van der Waals surface area contributed by atoms with Crippen LogP contribution in [0, 0.1) is 5.82 Å². The predicted octanol–water partition coefficient (Wildman–Crippen LogP) is 3.56. The zero-order valence-electron chi connectivity index (χ0n) is 11.8. The SMILES string of the molecule is CC(C)(C)NCc1ccn(Cc2ccc(F)cc2)c1. The molecule has 102 valence electrons. The number of aromatic nitrogens is 1. The highest BCUT2D eigenvalue weighted by molar-refractivity contribution is 5.18. The predicted molar refractivity (Wildman–Crippen MR) is 76.5 cm³/mol. The molecule has 2 rings (SSSR count). The highest BCUT2D eigenvalue weighted by atomic mass is 19.1. The van der Waals surface area contributed by atoms with Crippen molar-refractivity contribution in [2.75, 3.05) is 0 Å². The molecule has 2 aromatic rings. The third-order valence-corrected chi connectivity index (χ3v) is 2.91. The molecule has 0 atom stereocenters. The molecule has 0 spiro atoms. The smallest absolute Gasteiger partial charge is 0.123 e. The van der Waals surface area contributed by atoms with Crippen molar-refractivity contribution in [3.63, 3.8) is 0 Å². The molecule has 0 saturated carbocycles. The summed E-state index contributed by atoms with van der Waals surface area (Å²) in [5.41, 5.74) is 2.49. The van der Waals surface area contributed by atoms with Crippen LogP contribution in [0.2, 0.25) is 0 Å². The Morgan fingerprint density at radius 3 is 2.37 bits per heavy atom. The van der Waals surface area contributed by atoms with Gasteiger partial charge in [0.25, 0.3) is 0 Å². The minimum atomic E-state index is -0.189. The van der Waals surface area contributed by atoms with Crippen molar-refractivity contribution >= 4 is 0 Å². The van der Waals surface area contributed by atoms with Crippen LogP contribution in [0.15, 0.2) is 42.7 Å². The van der Waals surface area contributed by atoms with Crippen LogP contribution >= 0.6 is 0 Å². The van der Waals surface area contributed by atoms with Crippen LogP contribution in [0.25, 0.3) is 0 Å². The van der Waals surface area contributed by atoms with Gasteiger partial charge < -0.3 is 9.88 Å². The standard InChI is InChI=1S/C16H21FN2/c1-16(2,3)18-10-14-8-9-19(12-14)11-13-4-6-15(17)7-5-13/h4-9,12,18H,10-11H2,1-3H3. The van der Waals surface area contributed by atoms with Gasteiger partial charge in [-0.2, -0.15) is 0 Å². The minimum Gasteiger partial charge on any atom is -0.350 e. The van der Waals surface area contributed by atoms with E-state index in [1.54, 1.807) is 0 Å². The van der Waals surface area contributed by atoms with E-state index in [1.807, 2.05) is 12.1 Å². The van der Waals surface area contributed by atoms with E-state index in [-0.39, 0.29) is 11.4 Å². The average Bonchev–Trinajstić information content (AvgIpc) is 2.77. The van der Waals surface area contributed by atoms with E-state index >= 15 is 0 Å². The molecule has 0 amide bonds. The minimum absolute atomic E-state index is 0.124. The van der Waals surface area contributed by atoms with E-state index in [0.29, 0.717) is 0 Å². The fourth-order valence-electron chi connectivity index (χ4n) is 1.86. The highest BCUT2D eigenvalue weighted by Crippen LogP contribution is 2.09. The maximum atomic E-state index is 12.8. The third-order valence-electron chi connectivity index (χ3n) is 2.91. The summed E-state index contributed by atoms with van der Waals surface area (Å²) < 4.78 is 14.9. The lowest BCUT2D eigenvalue weighted by Crippen LogP contribution is -2.34. The van der Waals surface area contributed by atoms with Gasteiger partial charge in [0.05, 0.1) is 0 Å². The van der Waals surface area contributed by atoms with Crippen LogP contribution in [-0.4, -0.2) is 10.1 Å². The van der Waals surface area contributed by atoms with Gasteiger partial charge in [-0.25, -0.2) is 4.39 Å². The van der Waals surface area contributed by atoms with Crippen molar-refractivity contribution in [3.05, 3.63) is 59.7 Å². The van der Waals surface area contributed by atoms with Crippen molar-refractivity contribution in [3.8, 4) is 0 Å². The molecule has 0 aliphatic heterocycles. The molecule has 3 heteroatoms. The zero-order valence-corrected chi connectivity index (χ0v) is 11.8. The molecular formula is C16H21FN2. The van der Waals surface area contributed by atoms with Crippen LogP contribution in [0.3, 0.4) is 0 Å². The van der Waals surface area contributed by atoms with Crippen molar-refractivity contribution in [2.24, 2.45) is 0 Å². The second kappa shape index (κ2) is 5.57. The molecule has 0 fully saturated rings. The third kappa shape index (κ3) is 4.52. The first kappa shape index (κ1) is 13.8. The number of benzene rings is 1. The zero-order chi connectivity index (χ0) is 13.9. The van der Waals surface area contributed by atoms with Crippen molar-refractivity contribution < 1.29 is 4.39 Å². The summed E-state index contributed by atoms with van der Waals surface area (Å²) in [5, 5.41) is 3.46. The van der Waals surface area contributed by atoms with Gasteiger partial charge in [-0.15, -0.1) is 0 Å². The second-order valence-corrected chi connectivity index (χ2v) is 5.92. The van der Waals surface area contributed by atoms with Gasteiger partial charge in [0.1, 0.15) is 5.82 Å². The van der Waals surface area contributed by atoms with Gasteiger partial charge in [0, 0.05) is 31.0 Å². The number of hydrogen-bond acceptors (Lipinski definition) is 1. The molecule has 0 bridgehead atoms. The maximum Gasteiger partial charge on any atom is 0.123 e.